The molecule has 0 aromatic heterocycles. The predicted molar refractivity (Wildman–Crippen MR) is 216 cm³/mol. The summed E-state index contributed by atoms with van der Waals surface area (Å²) >= 11 is 0. The Hall–Kier alpha value is -0.506. The minimum absolute atomic E-state index is 0.00533. The Morgan fingerprint density at radius 2 is 1.57 bits per heavy atom. The molecule has 6 heteroatoms. The highest BCUT2D eigenvalue weighted by molar-refractivity contribution is 6.74. The first kappa shape index (κ1) is 42.9. The lowest BCUT2D eigenvalue weighted by Gasteiger charge is -2.46. The second-order valence-corrected chi connectivity index (χ2v) is 30.1. The summed E-state index contributed by atoms with van der Waals surface area (Å²) in [5, 5.41) is 10.6. The van der Waals surface area contributed by atoms with Crippen LogP contribution in [0.4, 0.5) is 0 Å². The van der Waals surface area contributed by atoms with Crippen molar-refractivity contribution >= 4 is 16.6 Å². The van der Waals surface area contributed by atoms with E-state index in [1.165, 1.54) is 44.1 Å². The van der Waals surface area contributed by atoms with Crippen molar-refractivity contribution in [3.8, 4) is 0 Å². The molecule has 0 bridgehead atoms. The number of aliphatic hydroxyl groups is 1. The van der Waals surface area contributed by atoms with Gasteiger partial charge in [-0.15, -0.1) is 0 Å². The van der Waals surface area contributed by atoms with E-state index in [1.807, 2.05) is 13.8 Å². The molecule has 3 aliphatic rings. The van der Waals surface area contributed by atoms with Gasteiger partial charge in [0, 0.05) is 13.2 Å². The molecule has 3 rings (SSSR count). The van der Waals surface area contributed by atoms with Gasteiger partial charge in [0.15, 0.2) is 16.6 Å². The highest BCUT2D eigenvalue weighted by atomic mass is 28.4. The van der Waals surface area contributed by atoms with E-state index in [1.54, 1.807) is 5.57 Å². The summed E-state index contributed by atoms with van der Waals surface area (Å²) in [6, 6.07) is 0. The van der Waals surface area contributed by atoms with Crippen LogP contribution in [0.5, 0.6) is 0 Å². The first-order chi connectivity index (χ1) is 22.3. The van der Waals surface area contributed by atoms with E-state index >= 15 is 0 Å². The topological polar surface area (TPSA) is 47.9 Å². The number of ether oxygens (including phenoxy) is 1. The zero-order valence-electron chi connectivity index (χ0n) is 35.0. The highest BCUT2D eigenvalue weighted by Crippen LogP contribution is 2.60. The minimum atomic E-state index is -2.07. The van der Waals surface area contributed by atoms with E-state index < -0.39 is 22.2 Å². The molecule has 3 saturated carbocycles. The third-order valence-electron chi connectivity index (χ3n) is 13.9. The lowest BCUT2D eigenvalue weighted by atomic mass is 9.60. The average Bonchev–Trinajstić information content (AvgIpc) is 3.30. The predicted octanol–water partition coefficient (Wildman–Crippen LogP) is 12.4. The Morgan fingerprint density at radius 1 is 0.939 bits per heavy atom. The van der Waals surface area contributed by atoms with Crippen LogP contribution in [0.2, 0.25) is 36.3 Å². The van der Waals surface area contributed by atoms with Gasteiger partial charge in [-0.05, 0) is 142 Å². The van der Waals surface area contributed by atoms with Crippen LogP contribution >= 0.6 is 0 Å². The summed E-state index contributed by atoms with van der Waals surface area (Å²) < 4.78 is 20.4. The summed E-state index contributed by atoms with van der Waals surface area (Å²) in [5.74, 6) is 2.51. The maximum absolute atomic E-state index is 10.3. The average molecular weight is 717 g/mol. The van der Waals surface area contributed by atoms with Crippen molar-refractivity contribution in [3.05, 3.63) is 35.5 Å². The van der Waals surface area contributed by atoms with Gasteiger partial charge >= 0.3 is 0 Å². The van der Waals surface area contributed by atoms with Crippen molar-refractivity contribution in [2.75, 3.05) is 13.2 Å². The van der Waals surface area contributed by atoms with Crippen LogP contribution in [0.15, 0.2) is 35.5 Å². The van der Waals surface area contributed by atoms with E-state index in [-0.39, 0.29) is 22.3 Å². The van der Waals surface area contributed by atoms with E-state index in [0.29, 0.717) is 29.8 Å². The lowest BCUT2D eigenvalue weighted by molar-refractivity contribution is -0.0549. The van der Waals surface area contributed by atoms with Gasteiger partial charge in [0.1, 0.15) is 0 Å². The Kier molecular flexibility index (Phi) is 14.2. The summed E-state index contributed by atoms with van der Waals surface area (Å²) in [5.41, 5.74) is 3.97. The molecule has 0 aliphatic heterocycles. The van der Waals surface area contributed by atoms with Crippen molar-refractivity contribution in [1.82, 2.24) is 0 Å². The molecule has 7 atom stereocenters. The van der Waals surface area contributed by atoms with Gasteiger partial charge < -0.3 is 18.7 Å². The quantitative estimate of drug-likeness (QED) is 0.144. The van der Waals surface area contributed by atoms with E-state index in [2.05, 4.69) is 101 Å². The maximum Gasteiger partial charge on any atom is 0.193 e. The second-order valence-electron chi connectivity index (χ2n) is 20.5. The van der Waals surface area contributed by atoms with Gasteiger partial charge in [0.2, 0.25) is 0 Å². The molecule has 1 N–H and O–H groups in total. The SMILES string of the molecule is C=C1/C(=C\C=C2/CCC[C@@]3(C)C2CC[C@@H]3[C@H](C)CCCC(C)(C)O)C[C@@H](C)[C@@H](OCCCO[Si](C)(C)C(C)(C)C)[C@@H]1O[Si](C)(C)C(C)(C)C. The molecule has 0 radical (unpaired) electrons. The number of hydrogen-bond donors (Lipinski definition) is 1. The summed E-state index contributed by atoms with van der Waals surface area (Å²) in [7, 11) is -3.84. The van der Waals surface area contributed by atoms with E-state index in [4.69, 9.17) is 20.2 Å². The van der Waals surface area contributed by atoms with E-state index in [9.17, 15) is 5.11 Å². The summed E-state index contributed by atoms with van der Waals surface area (Å²) in [6.07, 6.45) is 16.5. The van der Waals surface area contributed by atoms with Gasteiger partial charge in [0.05, 0.1) is 17.8 Å². The molecule has 0 aromatic rings. The Balaban J connectivity index is 1.77. The van der Waals surface area contributed by atoms with E-state index in [0.717, 1.165) is 43.8 Å². The minimum Gasteiger partial charge on any atom is -0.417 e. The van der Waals surface area contributed by atoms with Gasteiger partial charge in [-0.3, -0.25) is 0 Å². The lowest BCUT2D eigenvalue weighted by Crippen LogP contribution is -2.51. The van der Waals surface area contributed by atoms with Crippen molar-refractivity contribution < 1.29 is 18.7 Å². The highest BCUT2D eigenvalue weighted by Gasteiger charge is 2.51. The second kappa shape index (κ2) is 16.2. The smallest absolute Gasteiger partial charge is 0.193 e. The molecule has 4 nitrogen and oxygen atoms in total. The molecule has 0 saturated heterocycles. The zero-order valence-corrected chi connectivity index (χ0v) is 37.0. The van der Waals surface area contributed by atoms with Crippen molar-refractivity contribution in [1.29, 1.82) is 0 Å². The van der Waals surface area contributed by atoms with Gasteiger partial charge in [-0.2, -0.15) is 0 Å². The monoisotopic (exact) mass is 717 g/mol. The van der Waals surface area contributed by atoms with Crippen LogP contribution < -0.4 is 0 Å². The van der Waals surface area contributed by atoms with Crippen LogP contribution in [-0.2, 0) is 13.6 Å². The fourth-order valence-electron chi connectivity index (χ4n) is 8.63. The van der Waals surface area contributed by atoms with Gasteiger partial charge in [-0.1, -0.05) is 99.5 Å². The van der Waals surface area contributed by atoms with Crippen molar-refractivity contribution in [2.45, 2.75) is 194 Å². The number of fused-ring (bicyclic) bond motifs is 1. The normalized spacial score (nSPS) is 31.4. The van der Waals surface area contributed by atoms with Crippen LogP contribution in [-0.4, -0.2) is 52.8 Å². The molecule has 3 fully saturated rings. The molecular weight excluding hydrogens is 637 g/mol. The summed E-state index contributed by atoms with van der Waals surface area (Å²) in [6.45, 7) is 40.8. The molecule has 0 amide bonds. The number of allylic oxidation sites excluding steroid dienone is 3. The third-order valence-corrected chi connectivity index (χ3v) is 22.9. The van der Waals surface area contributed by atoms with Crippen molar-refractivity contribution in [3.63, 3.8) is 0 Å². The third kappa shape index (κ3) is 10.8. The van der Waals surface area contributed by atoms with Crippen LogP contribution in [0.3, 0.4) is 0 Å². The standard InChI is InChI=1S/C43H80O4Si2/c1-31(20-17-26-42(10,11)44)36-24-25-37-34(21-18-27-43(36,37)12)22-23-35-30-32(2)38(39(33(35)3)47-49(15,16)41(7,8)9)45-28-19-29-46-48(13,14)40(4,5)6/h22-23,31-32,36-39,44H,3,17-21,24-30H2,1-2,4-16H3/b34-22+,35-23-/t31-,32-,36-,37?,38-,39-,43-/m1/s1. The van der Waals surface area contributed by atoms with Crippen molar-refractivity contribution in [2.24, 2.45) is 29.1 Å². The molecular formula is C43H80O4Si2. The molecule has 49 heavy (non-hydrogen) atoms. The van der Waals surface area contributed by atoms with Crippen LogP contribution in [0.25, 0.3) is 0 Å². The molecule has 3 aliphatic carbocycles. The molecule has 0 aromatic carbocycles. The maximum atomic E-state index is 10.3. The first-order valence-corrected chi connectivity index (χ1v) is 25.9. The fourth-order valence-corrected chi connectivity index (χ4v) is 11.0. The Labute approximate surface area is 306 Å². The van der Waals surface area contributed by atoms with Gasteiger partial charge in [0.25, 0.3) is 0 Å². The molecule has 1 unspecified atom stereocenters. The number of hydrogen-bond acceptors (Lipinski definition) is 4. The Morgan fingerprint density at radius 3 is 2.16 bits per heavy atom. The number of rotatable bonds is 14. The fraction of sp³-hybridized carbons (Fsp3) is 0.860. The van der Waals surface area contributed by atoms with Gasteiger partial charge in [-0.25, -0.2) is 0 Å². The van der Waals surface area contributed by atoms with Crippen LogP contribution in [0.1, 0.15) is 140 Å². The molecule has 284 valence electrons. The summed E-state index contributed by atoms with van der Waals surface area (Å²) in [4.78, 5) is 0. The first-order valence-electron chi connectivity index (χ1n) is 20.1. The largest absolute Gasteiger partial charge is 0.417 e. The molecule has 0 heterocycles. The Bertz CT molecular complexity index is 1160. The molecule has 0 spiro atoms. The zero-order chi connectivity index (χ0) is 37.2. The van der Waals surface area contributed by atoms with Crippen LogP contribution in [0, 0.1) is 29.1 Å².